The van der Waals surface area contributed by atoms with Gasteiger partial charge in [0, 0.05) is 6.04 Å². The number of para-hydroxylation sites is 1. The van der Waals surface area contributed by atoms with Crippen molar-refractivity contribution in [1.82, 2.24) is 4.72 Å². The Morgan fingerprint density at radius 1 is 1.50 bits per heavy atom. The fourth-order valence-corrected chi connectivity index (χ4v) is 3.44. The number of hydrogen-bond donors (Lipinski definition) is 2. The van der Waals surface area contributed by atoms with Crippen molar-refractivity contribution in [2.75, 3.05) is 17.7 Å². The van der Waals surface area contributed by atoms with Gasteiger partial charge in [-0.25, -0.2) is 17.5 Å². The summed E-state index contributed by atoms with van der Waals surface area (Å²) in [4.78, 5) is -0.210. The van der Waals surface area contributed by atoms with E-state index in [1.165, 1.54) is 12.1 Å². The van der Waals surface area contributed by atoms with Crippen LogP contribution in [0.2, 0.25) is 0 Å². The molecule has 0 aliphatic rings. The van der Waals surface area contributed by atoms with Crippen LogP contribution in [0.5, 0.6) is 0 Å². The molecule has 18 heavy (non-hydrogen) atoms. The summed E-state index contributed by atoms with van der Waals surface area (Å²) in [6.07, 6.45) is 2.65. The summed E-state index contributed by atoms with van der Waals surface area (Å²) in [7, 11) is -3.77. The van der Waals surface area contributed by atoms with Crippen molar-refractivity contribution in [3.8, 4) is 0 Å². The van der Waals surface area contributed by atoms with Crippen LogP contribution in [0.1, 0.15) is 13.3 Å². The van der Waals surface area contributed by atoms with Crippen LogP contribution in [0.25, 0.3) is 0 Å². The SMILES string of the molecule is CSCCC(C)NS(=O)(=O)c1cccc(F)c1N. The number of sulfonamides is 1. The van der Waals surface area contributed by atoms with E-state index in [9.17, 15) is 12.8 Å². The summed E-state index contributed by atoms with van der Waals surface area (Å²) in [6.45, 7) is 1.77. The predicted molar refractivity (Wildman–Crippen MR) is 73.6 cm³/mol. The summed E-state index contributed by atoms with van der Waals surface area (Å²) >= 11 is 1.64. The number of nitrogens with one attached hydrogen (secondary N) is 1. The zero-order valence-corrected chi connectivity index (χ0v) is 11.9. The van der Waals surface area contributed by atoms with Gasteiger partial charge in [-0.05, 0) is 37.5 Å². The third kappa shape index (κ3) is 3.86. The molecule has 0 spiro atoms. The highest BCUT2D eigenvalue weighted by Gasteiger charge is 2.21. The molecular formula is C11H17FN2O2S2. The number of thioether (sulfide) groups is 1. The Balaban J connectivity index is 2.90. The van der Waals surface area contributed by atoms with E-state index in [2.05, 4.69) is 4.72 Å². The van der Waals surface area contributed by atoms with Gasteiger partial charge >= 0.3 is 0 Å². The number of nitrogens with two attached hydrogens (primary N) is 1. The summed E-state index contributed by atoms with van der Waals surface area (Å²) in [6, 6.07) is 3.53. The molecule has 102 valence electrons. The van der Waals surface area contributed by atoms with Gasteiger partial charge in [-0.3, -0.25) is 0 Å². The smallest absolute Gasteiger partial charge is 0.242 e. The minimum atomic E-state index is -3.77. The summed E-state index contributed by atoms with van der Waals surface area (Å²) in [5.41, 5.74) is 5.10. The Hall–Kier alpha value is -0.790. The molecule has 0 bridgehead atoms. The van der Waals surface area contributed by atoms with Crippen LogP contribution < -0.4 is 10.5 Å². The number of benzene rings is 1. The minimum Gasteiger partial charge on any atom is -0.395 e. The molecule has 0 aliphatic carbocycles. The van der Waals surface area contributed by atoms with Crippen LogP contribution in [0.15, 0.2) is 23.1 Å². The van der Waals surface area contributed by atoms with Crippen LogP contribution in [0, 0.1) is 5.82 Å². The van der Waals surface area contributed by atoms with E-state index in [0.29, 0.717) is 6.42 Å². The molecule has 0 aliphatic heterocycles. The Kier molecular flexibility index (Phi) is 5.43. The molecule has 1 aromatic carbocycles. The van der Waals surface area contributed by atoms with Gasteiger partial charge in [-0.2, -0.15) is 11.8 Å². The zero-order chi connectivity index (χ0) is 13.8. The monoisotopic (exact) mass is 292 g/mol. The van der Waals surface area contributed by atoms with Gasteiger partial charge in [-0.15, -0.1) is 0 Å². The Bertz CT molecular complexity index is 506. The fourth-order valence-electron chi connectivity index (χ4n) is 1.43. The third-order valence-corrected chi connectivity index (χ3v) is 4.71. The van der Waals surface area contributed by atoms with E-state index in [1.807, 2.05) is 6.26 Å². The summed E-state index contributed by atoms with van der Waals surface area (Å²) in [5, 5.41) is 0. The van der Waals surface area contributed by atoms with Crippen molar-refractivity contribution >= 4 is 27.5 Å². The van der Waals surface area contributed by atoms with E-state index in [0.717, 1.165) is 11.8 Å². The molecule has 7 heteroatoms. The number of halogens is 1. The topological polar surface area (TPSA) is 72.2 Å². The van der Waals surface area contributed by atoms with Crippen LogP contribution in [0.4, 0.5) is 10.1 Å². The lowest BCUT2D eigenvalue weighted by Crippen LogP contribution is -2.33. The summed E-state index contributed by atoms with van der Waals surface area (Å²) in [5.74, 6) is 0.122. The van der Waals surface area contributed by atoms with Gasteiger partial charge in [0.05, 0.1) is 5.69 Å². The molecule has 1 atom stereocenters. The Morgan fingerprint density at radius 2 is 2.17 bits per heavy atom. The molecule has 0 saturated carbocycles. The Labute approximate surface area is 111 Å². The van der Waals surface area contributed by atoms with E-state index >= 15 is 0 Å². The maximum atomic E-state index is 13.2. The van der Waals surface area contributed by atoms with Gasteiger partial charge in [0.1, 0.15) is 10.7 Å². The van der Waals surface area contributed by atoms with E-state index < -0.39 is 15.8 Å². The first kappa shape index (κ1) is 15.3. The second-order valence-electron chi connectivity index (χ2n) is 3.96. The number of hydrogen-bond acceptors (Lipinski definition) is 4. The average molecular weight is 292 g/mol. The molecule has 0 saturated heterocycles. The zero-order valence-electron chi connectivity index (χ0n) is 10.3. The first-order chi connectivity index (χ1) is 8.38. The lowest BCUT2D eigenvalue weighted by Gasteiger charge is -2.14. The molecule has 0 heterocycles. The van der Waals surface area contributed by atoms with E-state index in [-0.39, 0.29) is 16.6 Å². The average Bonchev–Trinajstić information content (AvgIpc) is 2.29. The van der Waals surface area contributed by atoms with Crippen LogP contribution in [0.3, 0.4) is 0 Å². The Morgan fingerprint density at radius 3 is 2.78 bits per heavy atom. The van der Waals surface area contributed by atoms with Crippen molar-refractivity contribution in [1.29, 1.82) is 0 Å². The molecule has 3 N–H and O–H groups in total. The lowest BCUT2D eigenvalue weighted by molar-refractivity contribution is 0.555. The molecule has 0 aromatic heterocycles. The van der Waals surface area contributed by atoms with Crippen molar-refractivity contribution in [2.45, 2.75) is 24.3 Å². The molecule has 1 aromatic rings. The number of nitrogen functional groups attached to an aromatic ring is 1. The highest BCUT2D eigenvalue weighted by atomic mass is 32.2. The number of rotatable bonds is 6. The first-order valence-electron chi connectivity index (χ1n) is 5.43. The second kappa shape index (κ2) is 6.40. The fraction of sp³-hybridized carbons (Fsp3) is 0.455. The quantitative estimate of drug-likeness (QED) is 0.785. The van der Waals surface area contributed by atoms with Crippen LogP contribution >= 0.6 is 11.8 Å². The van der Waals surface area contributed by atoms with E-state index in [4.69, 9.17) is 5.73 Å². The molecule has 0 fully saturated rings. The highest BCUT2D eigenvalue weighted by molar-refractivity contribution is 7.98. The van der Waals surface area contributed by atoms with Crippen LogP contribution in [-0.4, -0.2) is 26.5 Å². The van der Waals surface area contributed by atoms with Crippen molar-refractivity contribution in [2.24, 2.45) is 0 Å². The normalized spacial score (nSPS) is 13.5. The largest absolute Gasteiger partial charge is 0.395 e. The molecule has 4 nitrogen and oxygen atoms in total. The van der Waals surface area contributed by atoms with Crippen molar-refractivity contribution in [3.63, 3.8) is 0 Å². The van der Waals surface area contributed by atoms with Gasteiger partial charge in [0.25, 0.3) is 0 Å². The molecule has 1 unspecified atom stereocenters. The van der Waals surface area contributed by atoms with Gasteiger partial charge in [0.2, 0.25) is 10.0 Å². The van der Waals surface area contributed by atoms with Gasteiger partial charge < -0.3 is 5.73 Å². The van der Waals surface area contributed by atoms with Gasteiger partial charge in [0.15, 0.2) is 0 Å². The standard InChI is InChI=1S/C11H17FN2O2S2/c1-8(6-7-17-2)14-18(15,16)10-5-3-4-9(12)11(10)13/h3-5,8,14H,6-7,13H2,1-2H3. The predicted octanol–water partition coefficient (Wildman–Crippen LogP) is 1.83. The molecule has 1 rings (SSSR count). The number of anilines is 1. The molecule has 0 radical (unpaired) electrons. The van der Waals surface area contributed by atoms with Crippen LogP contribution in [-0.2, 0) is 10.0 Å². The maximum Gasteiger partial charge on any atom is 0.242 e. The third-order valence-electron chi connectivity index (χ3n) is 2.41. The van der Waals surface area contributed by atoms with E-state index in [1.54, 1.807) is 18.7 Å². The van der Waals surface area contributed by atoms with Gasteiger partial charge in [-0.1, -0.05) is 6.07 Å². The lowest BCUT2D eigenvalue weighted by atomic mass is 10.3. The van der Waals surface area contributed by atoms with Crippen molar-refractivity contribution < 1.29 is 12.8 Å². The first-order valence-corrected chi connectivity index (χ1v) is 8.31. The molecular weight excluding hydrogens is 275 g/mol. The molecule has 0 amide bonds. The second-order valence-corrected chi connectivity index (χ2v) is 6.62. The minimum absolute atomic E-state index is 0.210. The van der Waals surface area contributed by atoms with Crippen molar-refractivity contribution in [3.05, 3.63) is 24.0 Å². The summed E-state index contributed by atoms with van der Waals surface area (Å²) < 4.78 is 39.7. The highest BCUT2D eigenvalue weighted by Crippen LogP contribution is 2.21. The maximum absolute atomic E-state index is 13.2.